The summed E-state index contributed by atoms with van der Waals surface area (Å²) in [5.41, 5.74) is 0.588. The lowest BCUT2D eigenvalue weighted by Crippen LogP contribution is -2.30. The van der Waals surface area contributed by atoms with Gasteiger partial charge >= 0.3 is 5.97 Å². The Balaban J connectivity index is 0.000000211. The number of carbonyl (C=O) groups is 2. The molecule has 116 valence electrons. The number of unbranched alkanes of at least 4 members (excludes halogenated alkanes) is 1. The molecule has 0 bridgehead atoms. The van der Waals surface area contributed by atoms with Gasteiger partial charge < -0.3 is 9.47 Å². The molecule has 0 atom stereocenters. The molecule has 2 rings (SSSR count). The molecule has 1 aromatic carbocycles. The van der Waals surface area contributed by atoms with Crippen molar-refractivity contribution < 1.29 is 19.1 Å². The minimum absolute atomic E-state index is 0.245. The summed E-state index contributed by atoms with van der Waals surface area (Å²) in [5.74, 6) is 0.542. The van der Waals surface area contributed by atoms with E-state index in [0.29, 0.717) is 12.0 Å². The zero-order valence-electron chi connectivity index (χ0n) is 12.8. The van der Waals surface area contributed by atoms with Gasteiger partial charge in [-0.1, -0.05) is 44.4 Å². The number of hydrogen-bond donors (Lipinski definition) is 0. The van der Waals surface area contributed by atoms with Gasteiger partial charge in [0.1, 0.15) is 6.10 Å². The van der Waals surface area contributed by atoms with E-state index in [0.717, 1.165) is 18.8 Å². The topological polar surface area (TPSA) is 52.6 Å². The van der Waals surface area contributed by atoms with Gasteiger partial charge in [0.25, 0.3) is 6.47 Å². The molecule has 0 N–H and O–H groups in total. The normalized spacial score (nSPS) is 19.5. The van der Waals surface area contributed by atoms with E-state index in [1.807, 2.05) is 6.07 Å². The van der Waals surface area contributed by atoms with Crippen molar-refractivity contribution in [3.8, 4) is 0 Å². The second-order valence-corrected chi connectivity index (χ2v) is 5.19. The van der Waals surface area contributed by atoms with Gasteiger partial charge in [-0.15, -0.1) is 0 Å². The SMILES string of the molecule is CCCCC1CC(OC=O)C1.COC(=O)c1ccccc1. The Bertz CT molecular complexity index is 410. The first kappa shape index (κ1) is 17.2. The molecule has 1 aliphatic carbocycles. The Morgan fingerprint density at radius 1 is 1.29 bits per heavy atom. The number of ether oxygens (including phenoxy) is 2. The lowest BCUT2D eigenvalue weighted by atomic mass is 9.79. The van der Waals surface area contributed by atoms with Crippen LogP contribution in [0.3, 0.4) is 0 Å². The van der Waals surface area contributed by atoms with Crippen LogP contribution in [-0.4, -0.2) is 25.7 Å². The van der Waals surface area contributed by atoms with Gasteiger partial charge in [-0.25, -0.2) is 4.79 Å². The van der Waals surface area contributed by atoms with Gasteiger partial charge in [0.05, 0.1) is 12.7 Å². The van der Waals surface area contributed by atoms with Crippen LogP contribution in [0.1, 0.15) is 49.4 Å². The average Bonchev–Trinajstić information content (AvgIpc) is 2.50. The number of esters is 1. The molecule has 0 aromatic heterocycles. The fourth-order valence-corrected chi connectivity index (χ4v) is 2.28. The Morgan fingerprint density at radius 2 is 1.95 bits per heavy atom. The van der Waals surface area contributed by atoms with Gasteiger partial charge in [0.2, 0.25) is 0 Å². The number of rotatable bonds is 6. The number of hydrogen-bond acceptors (Lipinski definition) is 4. The van der Waals surface area contributed by atoms with Gasteiger partial charge in [0, 0.05) is 0 Å². The second-order valence-electron chi connectivity index (χ2n) is 5.19. The lowest BCUT2D eigenvalue weighted by Gasteiger charge is -2.33. The molecule has 0 heterocycles. The first-order valence-electron chi connectivity index (χ1n) is 7.43. The van der Waals surface area contributed by atoms with E-state index in [-0.39, 0.29) is 12.1 Å². The standard InChI is InChI=1S/C9H16O2.C8H8O2/c1-2-3-4-8-5-9(6-8)11-7-10;1-10-8(9)7-5-3-2-4-6-7/h7-9H,2-6H2,1H3;2-6H,1H3. The maximum atomic E-state index is 10.8. The highest BCUT2D eigenvalue weighted by Crippen LogP contribution is 2.33. The number of methoxy groups -OCH3 is 1. The van der Waals surface area contributed by atoms with E-state index in [4.69, 9.17) is 4.74 Å². The van der Waals surface area contributed by atoms with Crippen LogP contribution in [0.4, 0.5) is 0 Å². The first-order valence-corrected chi connectivity index (χ1v) is 7.43. The minimum atomic E-state index is -0.291. The molecule has 21 heavy (non-hydrogen) atoms. The van der Waals surface area contributed by atoms with E-state index < -0.39 is 0 Å². The summed E-state index contributed by atoms with van der Waals surface area (Å²) in [6.45, 7) is 2.78. The van der Waals surface area contributed by atoms with E-state index in [1.165, 1.54) is 26.4 Å². The Labute approximate surface area is 126 Å². The van der Waals surface area contributed by atoms with Gasteiger partial charge in [-0.2, -0.15) is 0 Å². The van der Waals surface area contributed by atoms with Gasteiger partial charge in [0.15, 0.2) is 0 Å². The molecule has 0 saturated heterocycles. The molecule has 1 aliphatic rings. The van der Waals surface area contributed by atoms with E-state index in [2.05, 4.69) is 11.7 Å². The molecular formula is C17H24O4. The molecule has 0 radical (unpaired) electrons. The molecule has 0 spiro atoms. The van der Waals surface area contributed by atoms with Crippen LogP contribution in [0.25, 0.3) is 0 Å². The molecule has 1 fully saturated rings. The van der Waals surface area contributed by atoms with E-state index in [9.17, 15) is 9.59 Å². The molecule has 0 unspecified atom stereocenters. The second kappa shape index (κ2) is 9.97. The van der Waals surface area contributed by atoms with Gasteiger partial charge in [-0.3, -0.25) is 4.79 Å². The summed E-state index contributed by atoms with van der Waals surface area (Å²) in [5, 5.41) is 0. The highest BCUT2D eigenvalue weighted by atomic mass is 16.5. The van der Waals surface area contributed by atoms with Crippen LogP contribution in [-0.2, 0) is 14.3 Å². The predicted molar refractivity (Wildman–Crippen MR) is 81.0 cm³/mol. The first-order chi connectivity index (χ1) is 10.2. The fraction of sp³-hybridized carbons (Fsp3) is 0.529. The lowest BCUT2D eigenvalue weighted by molar-refractivity contribution is -0.139. The largest absolute Gasteiger partial charge is 0.465 e. The maximum absolute atomic E-state index is 10.8. The number of carbonyl (C=O) groups excluding carboxylic acids is 2. The quantitative estimate of drug-likeness (QED) is 0.594. The zero-order chi connectivity index (χ0) is 15.5. The predicted octanol–water partition coefficient (Wildman–Crippen LogP) is 3.60. The molecule has 1 saturated carbocycles. The van der Waals surface area contributed by atoms with Crippen LogP contribution < -0.4 is 0 Å². The van der Waals surface area contributed by atoms with E-state index >= 15 is 0 Å². The van der Waals surface area contributed by atoms with Crippen molar-refractivity contribution in [1.82, 2.24) is 0 Å². The molecule has 1 aromatic rings. The third-order valence-corrected chi connectivity index (χ3v) is 3.60. The van der Waals surface area contributed by atoms with Crippen molar-refractivity contribution >= 4 is 12.4 Å². The average molecular weight is 292 g/mol. The monoisotopic (exact) mass is 292 g/mol. The highest BCUT2D eigenvalue weighted by molar-refractivity contribution is 5.89. The van der Waals surface area contributed by atoms with Crippen molar-refractivity contribution in [3.63, 3.8) is 0 Å². The van der Waals surface area contributed by atoms with Crippen molar-refractivity contribution in [2.75, 3.05) is 7.11 Å². The van der Waals surface area contributed by atoms with Crippen LogP contribution in [0.15, 0.2) is 30.3 Å². The summed E-state index contributed by atoms with van der Waals surface area (Å²) in [7, 11) is 1.37. The Kier molecular flexibility index (Phi) is 8.17. The molecular weight excluding hydrogens is 268 g/mol. The van der Waals surface area contributed by atoms with Crippen molar-refractivity contribution in [3.05, 3.63) is 35.9 Å². The van der Waals surface area contributed by atoms with Crippen molar-refractivity contribution in [2.45, 2.75) is 45.1 Å². The van der Waals surface area contributed by atoms with Crippen LogP contribution >= 0.6 is 0 Å². The summed E-state index contributed by atoms with van der Waals surface area (Å²) in [6.07, 6.45) is 6.34. The summed E-state index contributed by atoms with van der Waals surface area (Å²) < 4.78 is 9.30. The van der Waals surface area contributed by atoms with E-state index in [1.54, 1.807) is 24.3 Å². The van der Waals surface area contributed by atoms with Crippen LogP contribution in [0, 0.1) is 5.92 Å². The highest BCUT2D eigenvalue weighted by Gasteiger charge is 2.29. The molecule has 4 heteroatoms. The Morgan fingerprint density at radius 3 is 2.48 bits per heavy atom. The number of benzene rings is 1. The zero-order valence-corrected chi connectivity index (χ0v) is 12.8. The molecule has 0 aliphatic heterocycles. The third-order valence-electron chi connectivity index (χ3n) is 3.60. The smallest absolute Gasteiger partial charge is 0.337 e. The molecule has 0 amide bonds. The summed E-state index contributed by atoms with van der Waals surface area (Å²) in [4.78, 5) is 20.7. The van der Waals surface area contributed by atoms with Crippen LogP contribution in [0.5, 0.6) is 0 Å². The van der Waals surface area contributed by atoms with Gasteiger partial charge in [-0.05, 0) is 30.9 Å². The summed E-state index contributed by atoms with van der Waals surface area (Å²) >= 11 is 0. The third kappa shape index (κ3) is 6.43. The van der Waals surface area contributed by atoms with Crippen molar-refractivity contribution in [1.29, 1.82) is 0 Å². The maximum Gasteiger partial charge on any atom is 0.337 e. The minimum Gasteiger partial charge on any atom is -0.465 e. The van der Waals surface area contributed by atoms with Crippen molar-refractivity contribution in [2.24, 2.45) is 5.92 Å². The van der Waals surface area contributed by atoms with Crippen LogP contribution in [0.2, 0.25) is 0 Å². The Hall–Kier alpha value is -1.84. The summed E-state index contributed by atoms with van der Waals surface area (Å²) in [6, 6.07) is 8.88. The fourth-order valence-electron chi connectivity index (χ4n) is 2.28. The molecule has 4 nitrogen and oxygen atoms in total.